The van der Waals surface area contributed by atoms with Crippen LogP contribution in [-0.4, -0.2) is 41.4 Å². The summed E-state index contributed by atoms with van der Waals surface area (Å²) in [5, 5.41) is 0. The van der Waals surface area contributed by atoms with E-state index in [9.17, 15) is 18.0 Å². The molecule has 3 nitrogen and oxygen atoms in total. The largest absolute Gasteiger partial charge is 0.416 e. The van der Waals surface area contributed by atoms with E-state index in [0.29, 0.717) is 17.9 Å². The number of likely N-dealkylation sites (tertiary alicyclic amines) is 2. The molecule has 2 aliphatic heterocycles. The lowest BCUT2D eigenvalue weighted by molar-refractivity contribution is -0.142. The fourth-order valence-electron chi connectivity index (χ4n) is 5.05. The molecule has 2 aromatic carbocycles. The Labute approximate surface area is 187 Å². The van der Waals surface area contributed by atoms with Crippen molar-refractivity contribution in [2.24, 2.45) is 5.92 Å². The number of piperidine rings is 2. The summed E-state index contributed by atoms with van der Waals surface area (Å²) in [4.78, 5) is 16.9. The van der Waals surface area contributed by atoms with Gasteiger partial charge in [0.1, 0.15) is 0 Å². The molecule has 2 aliphatic rings. The molecule has 2 saturated heterocycles. The quantitative estimate of drug-likeness (QED) is 0.600. The van der Waals surface area contributed by atoms with E-state index in [-0.39, 0.29) is 18.5 Å². The van der Waals surface area contributed by atoms with Crippen LogP contribution in [0.25, 0.3) is 6.08 Å². The van der Waals surface area contributed by atoms with E-state index in [1.165, 1.54) is 23.3 Å². The summed E-state index contributed by atoms with van der Waals surface area (Å²) in [6.45, 7) is 5.07. The topological polar surface area (TPSA) is 23.6 Å². The maximum atomic E-state index is 13.1. The SMILES string of the molecule is C/C(=C\c1ccccc1)CN1CC[C@H]2[C@H](CCC(=O)N2Cc2cccc(C(F)(F)F)c2)C1. The third kappa shape index (κ3) is 5.41. The van der Waals surface area contributed by atoms with Crippen molar-refractivity contribution in [3.05, 3.63) is 76.9 Å². The Hall–Kier alpha value is -2.60. The summed E-state index contributed by atoms with van der Waals surface area (Å²) in [5.41, 5.74) is 2.36. The number of fused-ring (bicyclic) bond motifs is 1. The van der Waals surface area contributed by atoms with Crippen molar-refractivity contribution in [2.75, 3.05) is 19.6 Å². The van der Waals surface area contributed by atoms with E-state index < -0.39 is 11.7 Å². The predicted octanol–water partition coefficient (Wildman–Crippen LogP) is 5.62. The molecule has 0 spiro atoms. The van der Waals surface area contributed by atoms with Gasteiger partial charge >= 0.3 is 6.18 Å². The van der Waals surface area contributed by atoms with Crippen molar-refractivity contribution in [1.29, 1.82) is 0 Å². The van der Waals surface area contributed by atoms with Gasteiger partial charge in [-0.2, -0.15) is 13.2 Å². The standard InChI is InChI=1S/C26H29F3N2O/c1-19(14-20-6-3-2-4-7-20)16-30-13-12-24-22(18-30)10-11-25(32)31(24)17-21-8-5-9-23(15-21)26(27,28)29/h2-9,14-15,22,24H,10-13,16-18H2,1H3/b19-14+/t22-,24+/m1/s1. The summed E-state index contributed by atoms with van der Waals surface area (Å²) in [7, 11) is 0. The van der Waals surface area contributed by atoms with Gasteiger partial charge < -0.3 is 4.90 Å². The molecule has 4 rings (SSSR count). The first-order chi connectivity index (χ1) is 15.3. The zero-order chi connectivity index (χ0) is 22.7. The van der Waals surface area contributed by atoms with Crippen LogP contribution in [0.15, 0.2) is 60.2 Å². The molecule has 2 fully saturated rings. The van der Waals surface area contributed by atoms with Crippen LogP contribution in [0.4, 0.5) is 13.2 Å². The van der Waals surface area contributed by atoms with Crippen LogP contribution in [0.3, 0.4) is 0 Å². The molecule has 0 N–H and O–H groups in total. The number of carbonyl (C=O) groups is 1. The van der Waals surface area contributed by atoms with Crippen molar-refractivity contribution in [2.45, 2.75) is 44.9 Å². The zero-order valence-electron chi connectivity index (χ0n) is 18.3. The number of hydrogen-bond acceptors (Lipinski definition) is 2. The minimum absolute atomic E-state index is 0.0530. The average molecular weight is 443 g/mol. The highest BCUT2D eigenvalue weighted by Crippen LogP contribution is 2.34. The summed E-state index contributed by atoms with van der Waals surface area (Å²) < 4.78 is 39.3. The Morgan fingerprint density at radius 2 is 1.88 bits per heavy atom. The molecule has 2 heterocycles. The molecule has 0 unspecified atom stereocenters. The Morgan fingerprint density at radius 1 is 1.09 bits per heavy atom. The van der Waals surface area contributed by atoms with Crippen molar-refractivity contribution in [1.82, 2.24) is 9.80 Å². The molecular weight excluding hydrogens is 413 g/mol. The van der Waals surface area contributed by atoms with Crippen LogP contribution in [-0.2, 0) is 17.5 Å². The number of halogens is 3. The molecule has 2 atom stereocenters. The predicted molar refractivity (Wildman–Crippen MR) is 120 cm³/mol. The summed E-state index contributed by atoms with van der Waals surface area (Å²) >= 11 is 0. The normalized spacial score (nSPS) is 22.7. The third-order valence-corrected chi connectivity index (χ3v) is 6.52. The van der Waals surface area contributed by atoms with Gasteiger partial charge in [-0.1, -0.05) is 54.1 Å². The number of hydrogen-bond donors (Lipinski definition) is 0. The van der Waals surface area contributed by atoms with E-state index in [0.717, 1.165) is 38.5 Å². The lowest BCUT2D eigenvalue weighted by atomic mass is 9.83. The lowest BCUT2D eigenvalue weighted by Gasteiger charge is -2.47. The molecular formula is C26H29F3N2O. The van der Waals surface area contributed by atoms with Gasteiger partial charge in [-0.3, -0.25) is 9.69 Å². The number of rotatable bonds is 5. The third-order valence-electron chi connectivity index (χ3n) is 6.52. The van der Waals surface area contributed by atoms with E-state index in [1.54, 1.807) is 6.07 Å². The molecule has 0 aliphatic carbocycles. The van der Waals surface area contributed by atoms with Crippen LogP contribution in [0.2, 0.25) is 0 Å². The van der Waals surface area contributed by atoms with E-state index in [1.807, 2.05) is 23.1 Å². The number of amides is 1. The Bertz CT molecular complexity index is 971. The van der Waals surface area contributed by atoms with Gasteiger partial charge in [0.15, 0.2) is 0 Å². The van der Waals surface area contributed by atoms with Crippen LogP contribution in [0.1, 0.15) is 42.9 Å². The molecule has 1 amide bonds. The van der Waals surface area contributed by atoms with Gasteiger partial charge in [-0.05, 0) is 48.9 Å². The molecule has 2 aromatic rings. The molecule has 170 valence electrons. The summed E-state index contributed by atoms with van der Waals surface area (Å²) in [5.74, 6) is 0.411. The van der Waals surface area contributed by atoms with E-state index >= 15 is 0 Å². The summed E-state index contributed by atoms with van der Waals surface area (Å²) in [6, 6.07) is 15.7. The molecule has 6 heteroatoms. The minimum atomic E-state index is -4.37. The smallest absolute Gasteiger partial charge is 0.335 e. The van der Waals surface area contributed by atoms with Gasteiger partial charge in [-0.25, -0.2) is 0 Å². The maximum absolute atomic E-state index is 13.1. The second-order valence-electron chi connectivity index (χ2n) is 9.01. The van der Waals surface area contributed by atoms with Gasteiger partial charge in [0.2, 0.25) is 5.91 Å². The first-order valence-electron chi connectivity index (χ1n) is 11.2. The van der Waals surface area contributed by atoms with Crippen molar-refractivity contribution >= 4 is 12.0 Å². The molecule has 0 bridgehead atoms. The van der Waals surface area contributed by atoms with Crippen molar-refractivity contribution in [3.8, 4) is 0 Å². The van der Waals surface area contributed by atoms with E-state index in [2.05, 4.69) is 30.0 Å². The number of carbonyl (C=O) groups excluding carboxylic acids is 1. The first-order valence-corrected chi connectivity index (χ1v) is 11.2. The van der Waals surface area contributed by atoms with Crippen LogP contribution in [0.5, 0.6) is 0 Å². The minimum Gasteiger partial charge on any atom is -0.335 e. The molecule has 0 saturated carbocycles. The second kappa shape index (κ2) is 9.49. The molecule has 0 aromatic heterocycles. The van der Waals surface area contributed by atoms with E-state index in [4.69, 9.17) is 0 Å². The van der Waals surface area contributed by atoms with Gasteiger partial charge in [0.05, 0.1) is 5.56 Å². The first kappa shape index (κ1) is 22.6. The Kier molecular flexibility index (Phi) is 6.70. The van der Waals surface area contributed by atoms with Gasteiger partial charge in [-0.15, -0.1) is 0 Å². The summed E-state index contributed by atoms with van der Waals surface area (Å²) in [6.07, 6.45) is -0.00131. The number of alkyl halides is 3. The Morgan fingerprint density at radius 3 is 2.62 bits per heavy atom. The lowest BCUT2D eigenvalue weighted by Crippen LogP contribution is -2.55. The average Bonchev–Trinajstić information content (AvgIpc) is 2.76. The maximum Gasteiger partial charge on any atom is 0.416 e. The van der Waals surface area contributed by atoms with Gasteiger partial charge in [0, 0.05) is 38.6 Å². The van der Waals surface area contributed by atoms with Crippen LogP contribution < -0.4 is 0 Å². The fourth-order valence-corrected chi connectivity index (χ4v) is 5.05. The zero-order valence-corrected chi connectivity index (χ0v) is 18.3. The highest BCUT2D eigenvalue weighted by molar-refractivity contribution is 5.77. The molecule has 0 radical (unpaired) electrons. The number of nitrogens with zero attached hydrogens (tertiary/aromatic N) is 2. The van der Waals surface area contributed by atoms with Crippen molar-refractivity contribution < 1.29 is 18.0 Å². The van der Waals surface area contributed by atoms with Crippen molar-refractivity contribution in [3.63, 3.8) is 0 Å². The fraction of sp³-hybridized carbons (Fsp3) is 0.423. The molecule has 32 heavy (non-hydrogen) atoms. The number of benzene rings is 2. The van der Waals surface area contributed by atoms with Gasteiger partial charge in [0.25, 0.3) is 0 Å². The second-order valence-corrected chi connectivity index (χ2v) is 9.01. The Balaban J connectivity index is 1.41. The highest BCUT2D eigenvalue weighted by Gasteiger charge is 2.39. The van der Waals surface area contributed by atoms with Crippen LogP contribution in [0, 0.1) is 5.92 Å². The monoisotopic (exact) mass is 442 g/mol. The van der Waals surface area contributed by atoms with Crippen LogP contribution >= 0.6 is 0 Å². The highest BCUT2D eigenvalue weighted by atomic mass is 19.4.